The van der Waals surface area contributed by atoms with Crippen LogP contribution < -0.4 is 0 Å². The van der Waals surface area contributed by atoms with Crippen molar-refractivity contribution in [2.24, 2.45) is 0 Å². The van der Waals surface area contributed by atoms with Crippen molar-refractivity contribution in [3.63, 3.8) is 0 Å². The summed E-state index contributed by atoms with van der Waals surface area (Å²) in [5, 5.41) is 21.9. The van der Waals surface area contributed by atoms with Gasteiger partial charge in [-0.25, -0.2) is 0 Å². The van der Waals surface area contributed by atoms with Gasteiger partial charge in [0.25, 0.3) is 0 Å². The number of unbranched alkanes of at least 4 members (excludes halogenated alkanes) is 26. The molecule has 1 saturated carbocycles. The Bertz CT molecular complexity index is 523. The normalized spacial score (nSPS) is 15.7. The fourth-order valence-corrected chi connectivity index (χ4v) is 7.69. The van der Waals surface area contributed by atoms with E-state index in [1.165, 1.54) is 199 Å². The van der Waals surface area contributed by atoms with E-state index in [1.807, 2.05) is 0 Å². The van der Waals surface area contributed by atoms with Gasteiger partial charge in [-0.1, -0.05) is 213 Å². The second-order valence-corrected chi connectivity index (χ2v) is 15.3. The molecule has 0 aliphatic heterocycles. The van der Waals surface area contributed by atoms with Gasteiger partial charge in [0.1, 0.15) is 0 Å². The average Bonchev–Trinajstić information content (AvgIpc) is 3.05. The number of aliphatic hydroxyl groups excluding tert-OH is 2. The van der Waals surface area contributed by atoms with E-state index in [2.05, 4.69) is 18.7 Å². The van der Waals surface area contributed by atoms with Gasteiger partial charge >= 0.3 is 0 Å². The Morgan fingerprint density at radius 2 is 0.667 bits per heavy atom. The minimum Gasteiger partial charge on any atom is -0.392 e. The Kier molecular flexibility index (Phi) is 32.2. The molecule has 0 bridgehead atoms. The summed E-state index contributed by atoms with van der Waals surface area (Å²) >= 11 is 0. The fraction of sp³-hybridized carbons (Fsp3) is 1.00. The van der Waals surface area contributed by atoms with Crippen molar-refractivity contribution >= 4 is 0 Å². The third-order valence-corrected chi connectivity index (χ3v) is 10.8. The number of hydrogen-bond acceptors (Lipinski definition) is 3. The molecule has 0 aromatic rings. The van der Waals surface area contributed by atoms with Gasteiger partial charge in [-0.3, -0.25) is 4.90 Å². The van der Waals surface area contributed by atoms with E-state index in [4.69, 9.17) is 0 Å². The van der Waals surface area contributed by atoms with Gasteiger partial charge in [0.2, 0.25) is 0 Å². The molecule has 0 amide bonds. The summed E-state index contributed by atoms with van der Waals surface area (Å²) in [5.74, 6) is 0. The molecule has 2 atom stereocenters. The zero-order valence-corrected chi connectivity index (χ0v) is 31.2. The van der Waals surface area contributed by atoms with E-state index in [1.54, 1.807) is 0 Å². The molecule has 1 aliphatic rings. The average molecular weight is 636 g/mol. The van der Waals surface area contributed by atoms with Gasteiger partial charge in [-0.15, -0.1) is 0 Å². The summed E-state index contributed by atoms with van der Waals surface area (Å²) in [6.45, 7) is 6.11. The van der Waals surface area contributed by atoms with Crippen LogP contribution in [0.15, 0.2) is 0 Å². The second-order valence-electron chi connectivity index (χ2n) is 15.3. The number of nitrogens with zero attached hydrogens (tertiary/aromatic N) is 1. The first-order valence-electron chi connectivity index (χ1n) is 21.3. The summed E-state index contributed by atoms with van der Waals surface area (Å²) in [6.07, 6.45) is 46.5. The fourth-order valence-electron chi connectivity index (χ4n) is 7.69. The number of aliphatic hydroxyl groups is 2. The van der Waals surface area contributed by atoms with E-state index >= 15 is 0 Å². The minimum atomic E-state index is -0.238. The highest BCUT2D eigenvalue weighted by Crippen LogP contribution is 2.24. The first-order valence-corrected chi connectivity index (χ1v) is 21.3. The molecular weight excluding hydrogens is 550 g/mol. The molecular formula is C42H85NO2. The quantitative estimate of drug-likeness (QED) is 0.0681. The molecule has 1 aliphatic carbocycles. The van der Waals surface area contributed by atoms with E-state index in [0.29, 0.717) is 6.04 Å². The molecule has 2 unspecified atom stereocenters. The van der Waals surface area contributed by atoms with E-state index in [-0.39, 0.29) is 12.2 Å². The molecule has 0 aromatic heterocycles. The summed E-state index contributed by atoms with van der Waals surface area (Å²) in [5.41, 5.74) is 0. The summed E-state index contributed by atoms with van der Waals surface area (Å²) in [4.78, 5) is 2.49. The standard InChI is InChI=1S/C42H85NO2/c1-3-5-7-9-11-13-15-17-19-21-23-25-27-32-36-41(44)38-43(40-34-30-29-31-35-40)39-42(45)37-33-28-26-24-22-20-18-16-14-12-10-8-6-4-2/h40-42,44-45H,3-39H2,1-2H3. The Balaban J connectivity index is 2.07. The largest absolute Gasteiger partial charge is 0.392 e. The van der Waals surface area contributed by atoms with Crippen LogP contribution in [0.25, 0.3) is 0 Å². The maximum atomic E-state index is 10.9. The van der Waals surface area contributed by atoms with E-state index in [0.717, 1.165) is 38.8 Å². The molecule has 3 nitrogen and oxygen atoms in total. The molecule has 0 saturated heterocycles. The monoisotopic (exact) mass is 636 g/mol. The Morgan fingerprint density at radius 1 is 0.400 bits per heavy atom. The Labute approximate surface area is 284 Å². The molecule has 0 spiro atoms. The van der Waals surface area contributed by atoms with Gasteiger partial charge in [-0.05, 0) is 25.7 Å². The number of hydrogen-bond donors (Lipinski definition) is 2. The van der Waals surface area contributed by atoms with Crippen LogP contribution in [-0.4, -0.2) is 46.5 Å². The van der Waals surface area contributed by atoms with Crippen LogP contribution in [-0.2, 0) is 0 Å². The van der Waals surface area contributed by atoms with Crippen molar-refractivity contribution < 1.29 is 10.2 Å². The zero-order chi connectivity index (χ0) is 32.5. The number of rotatable bonds is 35. The highest BCUT2D eigenvalue weighted by atomic mass is 16.3. The molecule has 45 heavy (non-hydrogen) atoms. The van der Waals surface area contributed by atoms with Gasteiger partial charge < -0.3 is 10.2 Å². The van der Waals surface area contributed by atoms with Crippen LogP contribution in [0.3, 0.4) is 0 Å². The molecule has 1 rings (SSSR count). The van der Waals surface area contributed by atoms with Crippen LogP contribution >= 0.6 is 0 Å². The van der Waals surface area contributed by atoms with Crippen molar-refractivity contribution in [3.8, 4) is 0 Å². The topological polar surface area (TPSA) is 43.7 Å². The van der Waals surface area contributed by atoms with Crippen LogP contribution in [0, 0.1) is 0 Å². The minimum absolute atomic E-state index is 0.238. The second kappa shape index (κ2) is 33.8. The van der Waals surface area contributed by atoms with Crippen molar-refractivity contribution in [2.75, 3.05) is 13.1 Å². The molecule has 3 heteroatoms. The smallest absolute Gasteiger partial charge is 0.0667 e. The van der Waals surface area contributed by atoms with Crippen molar-refractivity contribution in [2.45, 2.75) is 257 Å². The maximum Gasteiger partial charge on any atom is 0.0667 e. The van der Waals surface area contributed by atoms with Gasteiger partial charge in [0.15, 0.2) is 0 Å². The SMILES string of the molecule is CCCCCCCCCCCCCCCCC(O)CN(CC(O)CCCCCCCCCCCCCCCC)C1CCCCC1. The molecule has 0 aromatic carbocycles. The highest BCUT2D eigenvalue weighted by Gasteiger charge is 2.25. The molecule has 270 valence electrons. The van der Waals surface area contributed by atoms with Crippen molar-refractivity contribution in [1.82, 2.24) is 4.90 Å². The third-order valence-electron chi connectivity index (χ3n) is 10.8. The third kappa shape index (κ3) is 28.6. The molecule has 2 N–H and O–H groups in total. The lowest BCUT2D eigenvalue weighted by Gasteiger charge is -2.37. The molecule has 1 fully saturated rings. The van der Waals surface area contributed by atoms with Crippen LogP contribution in [0.4, 0.5) is 0 Å². The predicted molar refractivity (Wildman–Crippen MR) is 200 cm³/mol. The lowest BCUT2D eigenvalue weighted by molar-refractivity contribution is 0.0280. The van der Waals surface area contributed by atoms with Gasteiger partial charge in [0.05, 0.1) is 12.2 Å². The summed E-state index contributed by atoms with van der Waals surface area (Å²) in [6, 6.07) is 0.565. The van der Waals surface area contributed by atoms with E-state index in [9.17, 15) is 10.2 Å². The lowest BCUT2D eigenvalue weighted by atomic mass is 9.93. The molecule has 0 radical (unpaired) electrons. The highest BCUT2D eigenvalue weighted by molar-refractivity contribution is 4.80. The Morgan fingerprint density at radius 3 is 0.956 bits per heavy atom. The maximum absolute atomic E-state index is 10.9. The van der Waals surface area contributed by atoms with E-state index < -0.39 is 0 Å². The van der Waals surface area contributed by atoms with Crippen LogP contribution in [0.1, 0.15) is 239 Å². The zero-order valence-electron chi connectivity index (χ0n) is 31.2. The summed E-state index contributed by atoms with van der Waals surface area (Å²) in [7, 11) is 0. The Hall–Kier alpha value is -0.120. The van der Waals surface area contributed by atoms with Crippen molar-refractivity contribution in [3.05, 3.63) is 0 Å². The first-order chi connectivity index (χ1) is 22.2. The lowest BCUT2D eigenvalue weighted by Crippen LogP contribution is -2.45. The van der Waals surface area contributed by atoms with Gasteiger partial charge in [-0.2, -0.15) is 0 Å². The van der Waals surface area contributed by atoms with Crippen LogP contribution in [0.5, 0.6) is 0 Å². The van der Waals surface area contributed by atoms with Crippen molar-refractivity contribution in [1.29, 1.82) is 0 Å². The summed E-state index contributed by atoms with van der Waals surface area (Å²) < 4.78 is 0. The van der Waals surface area contributed by atoms with Gasteiger partial charge in [0, 0.05) is 19.1 Å². The van der Waals surface area contributed by atoms with Crippen LogP contribution in [0.2, 0.25) is 0 Å². The first kappa shape index (κ1) is 42.9. The predicted octanol–water partition coefficient (Wildman–Crippen LogP) is 13.1. The molecule has 0 heterocycles.